The maximum absolute atomic E-state index is 13.1. The molecule has 1 aromatic carbocycles. The first-order chi connectivity index (χ1) is 14.1. The van der Waals surface area contributed by atoms with Crippen LogP contribution in [0.5, 0.6) is 5.75 Å². The third-order valence-electron chi connectivity index (χ3n) is 5.97. The smallest absolute Gasteiger partial charge is 0.416 e. The third kappa shape index (κ3) is 10.1. The molecule has 8 heteroatoms. The molecule has 0 spiro atoms. The highest BCUT2D eigenvalue weighted by molar-refractivity contribution is 6.74. The number of rotatable bonds is 12. The summed E-state index contributed by atoms with van der Waals surface area (Å²) in [6, 6.07) is 6.11. The fraction of sp³-hybridized carbons (Fsp3) is 0.739. The average Bonchev–Trinajstić information content (AvgIpc) is 2.63. The minimum Gasteiger partial charge on any atom is -0.488 e. The summed E-state index contributed by atoms with van der Waals surface area (Å²) in [7, 11) is -3.75. The molecule has 0 aliphatic rings. The van der Waals surface area contributed by atoms with E-state index in [9.17, 15) is 13.2 Å². The topological polar surface area (TPSA) is 27.7 Å². The van der Waals surface area contributed by atoms with Gasteiger partial charge in [-0.25, -0.2) is 0 Å². The van der Waals surface area contributed by atoms with Gasteiger partial charge in [0.2, 0.25) is 0 Å². The summed E-state index contributed by atoms with van der Waals surface area (Å²) in [4.78, 5) is 0. The van der Waals surface area contributed by atoms with Crippen molar-refractivity contribution in [2.24, 2.45) is 0 Å². The van der Waals surface area contributed by atoms with E-state index in [4.69, 9.17) is 13.6 Å². The molecule has 3 nitrogen and oxygen atoms in total. The predicted octanol–water partition coefficient (Wildman–Crippen LogP) is 7.89. The average molecular weight is 479 g/mol. The van der Waals surface area contributed by atoms with Crippen LogP contribution < -0.4 is 4.74 Å². The molecule has 1 atom stereocenters. The van der Waals surface area contributed by atoms with Crippen molar-refractivity contribution >= 4 is 16.6 Å². The lowest BCUT2D eigenvalue weighted by Crippen LogP contribution is -2.42. The standard InChI is InChI=1S/C23H41F3O3Si2/c1-9-10-16-30(5,6)28-18-21(14-15-27-31(7,8)22(2,3)4)29-20-13-11-12-19(17-20)23(24,25)26/h11-13,17,21H,9-10,14-16,18H2,1-8H3/t21-/m1/s1. The predicted molar refractivity (Wildman–Crippen MR) is 127 cm³/mol. The van der Waals surface area contributed by atoms with Crippen molar-refractivity contribution in [1.29, 1.82) is 0 Å². The number of hydrogen-bond donors (Lipinski definition) is 0. The Morgan fingerprint density at radius 2 is 1.65 bits per heavy atom. The van der Waals surface area contributed by atoms with Crippen molar-refractivity contribution in [2.45, 2.75) is 96.5 Å². The molecule has 0 saturated heterocycles. The number of benzene rings is 1. The Bertz CT molecular complexity index is 671. The molecule has 1 rings (SSSR count). The molecular weight excluding hydrogens is 437 g/mol. The molecule has 0 N–H and O–H groups in total. The summed E-state index contributed by atoms with van der Waals surface area (Å²) in [6.07, 6.45) is -1.95. The van der Waals surface area contributed by atoms with E-state index < -0.39 is 28.4 Å². The minimum atomic E-state index is -4.40. The van der Waals surface area contributed by atoms with Crippen molar-refractivity contribution in [3.8, 4) is 5.75 Å². The van der Waals surface area contributed by atoms with Gasteiger partial charge in [0.15, 0.2) is 16.6 Å². The summed E-state index contributed by atoms with van der Waals surface area (Å²) >= 11 is 0. The van der Waals surface area contributed by atoms with Crippen LogP contribution in [0.15, 0.2) is 24.3 Å². The molecule has 0 saturated carbocycles. The van der Waals surface area contributed by atoms with E-state index in [1.54, 1.807) is 6.07 Å². The molecule has 180 valence electrons. The van der Waals surface area contributed by atoms with Gasteiger partial charge >= 0.3 is 6.18 Å². The van der Waals surface area contributed by atoms with Gasteiger partial charge in [0.25, 0.3) is 0 Å². The quantitative estimate of drug-likeness (QED) is 0.286. The largest absolute Gasteiger partial charge is 0.488 e. The van der Waals surface area contributed by atoms with Crippen LogP contribution in [0, 0.1) is 0 Å². The SMILES string of the molecule is CCCC[Si](C)(C)OC[C@@H](CCO[Si](C)(C)C(C)(C)C)Oc1cccc(C(F)(F)F)c1. The molecule has 0 heterocycles. The maximum atomic E-state index is 13.1. The Hall–Kier alpha value is -0.836. The molecule has 0 aliphatic heterocycles. The Morgan fingerprint density at radius 1 is 1.00 bits per heavy atom. The van der Waals surface area contributed by atoms with Crippen LogP contribution in [-0.2, 0) is 15.0 Å². The molecule has 1 aromatic rings. The van der Waals surface area contributed by atoms with Gasteiger partial charge in [0.1, 0.15) is 11.9 Å². The highest BCUT2D eigenvalue weighted by atomic mass is 28.4. The van der Waals surface area contributed by atoms with Gasteiger partial charge in [-0.05, 0) is 55.5 Å². The van der Waals surface area contributed by atoms with E-state index in [-0.39, 0.29) is 16.9 Å². The van der Waals surface area contributed by atoms with Crippen molar-refractivity contribution in [3.63, 3.8) is 0 Å². The first kappa shape index (κ1) is 28.2. The van der Waals surface area contributed by atoms with Crippen molar-refractivity contribution < 1.29 is 26.8 Å². The molecule has 0 radical (unpaired) electrons. The number of halogens is 3. The van der Waals surface area contributed by atoms with Crippen molar-refractivity contribution in [3.05, 3.63) is 29.8 Å². The van der Waals surface area contributed by atoms with Crippen LogP contribution in [0.3, 0.4) is 0 Å². The van der Waals surface area contributed by atoms with Crippen molar-refractivity contribution in [2.75, 3.05) is 13.2 Å². The number of hydrogen-bond acceptors (Lipinski definition) is 3. The Morgan fingerprint density at radius 3 is 2.19 bits per heavy atom. The van der Waals surface area contributed by atoms with E-state index in [0.29, 0.717) is 19.6 Å². The zero-order valence-electron chi connectivity index (χ0n) is 20.5. The molecule has 31 heavy (non-hydrogen) atoms. The molecule has 0 bridgehead atoms. The maximum Gasteiger partial charge on any atom is 0.416 e. The summed E-state index contributed by atoms with van der Waals surface area (Å²) in [5.41, 5.74) is -0.708. The Balaban J connectivity index is 2.87. The zero-order valence-corrected chi connectivity index (χ0v) is 22.5. The van der Waals surface area contributed by atoms with Crippen LogP contribution in [0.1, 0.15) is 52.5 Å². The third-order valence-corrected chi connectivity index (χ3v) is 13.0. The Kier molecular flexibility index (Phi) is 10.3. The number of alkyl halides is 3. The fourth-order valence-corrected chi connectivity index (χ4v) is 5.82. The van der Waals surface area contributed by atoms with Gasteiger partial charge in [-0.1, -0.05) is 46.6 Å². The second kappa shape index (κ2) is 11.3. The number of unbranched alkanes of at least 4 members (excludes halogenated alkanes) is 1. The fourth-order valence-electron chi connectivity index (χ4n) is 2.77. The summed E-state index contributed by atoms with van der Waals surface area (Å²) in [5.74, 6) is 0.212. The summed E-state index contributed by atoms with van der Waals surface area (Å²) < 4.78 is 57.8. The Labute approximate surface area is 188 Å². The lowest BCUT2D eigenvalue weighted by atomic mass is 10.2. The van der Waals surface area contributed by atoms with Crippen LogP contribution in [0.4, 0.5) is 13.2 Å². The minimum absolute atomic E-state index is 0.0932. The van der Waals surface area contributed by atoms with Gasteiger partial charge in [0.05, 0.1) is 12.2 Å². The monoisotopic (exact) mass is 478 g/mol. The molecule has 0 amide bonds. The van der Waals surface area contributed by atoms with Gasteiger partial charge in [-0.15, -0.1) is 0 Å². The van der Waals surface area contributed by atoms with E-state index in [2.05, 4.69) is 53.9 Å². The van der Waals surface area contributed by atoms with Crippen molar-refractivity contribution in [1.82, 2.24) is 0 Å². The van der Waals surface area contributed by atoms with Gasteiger partial charge in [-0.2, -0.15) is 13.2 Å². The molecular formula is C23H41F3O3Si2. The van der Waals surface area contributed by atoms with Gasteiger partial charge < -0.3 is 13.6 Å². The van der Waals surface area contributed by atoms with Crippen LogP contribution in [0.25, 0.3) is 0 Å². The first-order valence-corrected chi connectivity index (χ1v) is 17.2. The lowest BCUT2D eigenvalue weighted by molar-refractivity contribution is -0.137. The lowest BCUT2D eigenvalue weighted by Gasteiger charge is -2.36. The normalized spacial score (nSPS) is 14.5. The molecule has 0 aromatic heterocycles. The highest BCUT2D eigenvalue weighted by Gasteiger charge is 2.37. The molecule has 0 fully saturated rings. The summed E-state index contributed by atoms with van der Waals surface area (Å²) in [5, 5.41) is 0.0932. The zero-order chi connectivity index (χ0) is 23.9. The summed E-state index contributed by atoms with van der Waals surface area (Å²) in [6.45, 7) is 18.3. The van der Waals surface area contributed by atoms with Gasteiger partial charge in [0, 0.05) is 13.0 Å². The van der Waals surface area contributed by atoms with Crippen LogP contribution in [-0.4, -0.2) is 36.0 Å². The van der Waals surface area contributed by atoms with Gasteiger partial charge in [-0.3, -0.25) is 0 Å². The van der Waals surface area contributed by atoms with E-state index in [0.717, 1.165) is 31.0 Å². The van der Waals surface area contributed by atoms with Crippen LogP contribution in [0.2, 0.25) is 37.3 Å². The van der Waals surface area contributed by atoms with Crippen LogP contribution >= 0.6 is 0 Å². The van der Waals surface area contributed by atoms with E-state index in [1.165, 1.54) is 6.07 Å². The van der Waals surface area contributed by atoms with E-state index >= 15 is 0 Å². The molecule has 0 unspecified atom stereocenters. The second-order valence-electron chi connectivity index (χ2n) is 10.3. The molecule has 0 aliphatic carbocycles. The highest BCUT2D eigenvalue weighted by Crippen LogP contribution is 2.37. The first-order valence-electron chi connectivity index (χ1n) is 11.2. The number of ether oxygens (including phenoxy) is 1. The second-order valence-corrected chi connectivity index (χ2v) is 19.5. The van der Waals surface area contributed by atoms with E-state index in [1.807, 2.05) is 0 Å².